The van der Waals surface area contributed by atoms with Crippen LogP contribution in [0.2, 0.25) is 0 Å². The van der Waals surface area contributed by atoms with Crippen LogP contribution in [0.5, 0.6) is 0 Å². The molecular formula is C28H28N6O3S2. The first kappa shape index (κ1) is 26.7. The molecule has 0 saturated heterocycles. The van der Waals surface area contributed by atoms with Gasteiger partial charge in [0.05, 0.1) is 15.8 Å². The molecule has 11 heteroatoms. The lowest BCUT2D eigenvalue weighted by molar-refractivity contribution is -0.115. The molecule has 1 amide bonds. The molecular weight excluding hydrogens is 532 g/mol. The average Bonchev–Trinajstić information content (AvgIpc) is 3.53. The zero-order chi connectivity index (χ0) is 27.6. The van der Waals surface area contributed by atoms with E-state index in [1.807, 2.05) is 65.2 Å². The molecule has 1 atom stereocenters. The van der Waals surface area contributed by atoms with Crippen LogP contribution in [0.3, 0.4) is 0 Å². The van der Waals surface area contributed by atoms with Gasteiger partial charge >= 0.3 is 0 Å². The van der Waals surface area contributed by atoms with Gasteiger partial charge in [-0.1, -0.05) is 48.2 Å². The molecule has 39 heavy (non-hydrogen) atoms. The number of anilines is 1. The van der Waals surface area contributed by atoms with E-state index in [1.165, 1.54) is 23.9 Å². The number of benzene rings is 3. The molecule has 0 unspecified atom stereocenters. The van der Waals surface area contributed by atoms with Crippen molar-refractivity contribution in [2.45, 2.75) is 42.1 Å². The van der Waals surface area contributed by atoms with Gasteiger partial charge in [-0.15, -0.1) is 10.2 Å². The maximum atomic E-state index is 13.1. The summed E-state index contributed by atoms with van der Waals surface area (Å²) in [5, 5.41) is 12.9. The van der Waals surface area contributed by atoms with Crippen LogP contribution in [0.4, 0.5) is 5.69 Å². The third kappa shape index (κ3) is 5.90. The van der Waals surface area contributed by atoms with Gasteiger partial charge in [0.2, 0.25) is 15.9 Å². The quantitative estimate of drug-likeness (QED) is 0.213. The van der Waals surface area contributed by atoms with Crippen molar-refractivity contribution in [1.82, 2.24) is 24.5 Å². The third-order valence-corrected chi connectivity index (χ3v) is 8.61. The molecule has 0 spiro atoms. The lowest BCUT2D eigenvalue weighted by atomic mass is 10.2. The number of fused-ring (bicyclic) bond motifs is 1. The van der Waals surface area contributed by atoms with Crippen molar-refractivity contribution in [2.24, 2.45) is 0 Å². The minimum Gasteiger partial charge on any atom is -0.352 e. The lowest BCUT2D eigenvalue weighted by Gasteiger charge is -2.14. The van der Waals surface area contributed by atoms with Crippen molar-refractivity contribution in [1.29, 1.82) is 0 Å². The molecule has 2 heterocycles. The highest BCUT2D eigenvalue weighted by Gasteiger charge is 2.23. The second-order valence-corrected chi connectivity index (χ2v) is 12.3. The molecule has 5 rings (SSSR count). The normalized spacial score (nSPS) is 12.6. The van der Waals surface area contributed by atoms with E-state index in [0.717, 1.165) is 22.3 Å². The fraction of sp³-hybridized carbons (Fsp3) is 0.179. The summed E-state index contributed by atoms with van der Waals surface area (Å²) in [6, 6.07) is 25.6. The molecule has 3 N–H and O–H groups in total. The van der Waals surface area contributed by atoms with Crippen molar-refractivity contribution in [3.63, 3.8) is 0 Å². The number of amides is 1. The minimum absolute atomic E-state index is 0.136. The number of aromatic nitrogens is 4. The predicted molar refractivity (Wildman–Crippen MR) is 154 cm³/mol. The summed E-state index contributed by atoms with van der Waals surface area (Å²) in [6.45, 7) is 5.30. The smallest absolute Gasteiger partial charge is 0.240 e. The van der Waals surface area contributed by atoms with Crippen molar-refractivity contribution >= 4 is 44.3 Å². The minimum atomic E-state index is -3.61. The molecule has 0 bridgehead atoms. The highest BCUT2D eigenvalue weighted by molar-refractivity contribution is 8.00. The largest absolute Gasteiger partial charge is 0.352 e. The summed E-state index contributed by atoms with van der Waals surface area (Å²) < 4.78 is 29.2. The van der Waals surface area contributed by atoms with Crippen molar-refractivity contribution in [3.05, 3.63) is 84.9 Å². The van der Waals surface area contributed by atoms with Gasteiger partial charge in [-0.3, -0.25) is 9.36 Å². The number of nitrogens with zero attached hydrogens (tertiary/aromatic N) is 3. The maximum absolute atomic E-state index is 13.1. The first-order valence-electron chi connectivity index (χ1n) is 12.4. The molecule has 200 valence electrons. The maximum Gasteiger partial charge on any atom is 0.240 e. The van der Waals surface area contributed by atoms with Crippen LogP contribution < -0.4 is 10.0 Å². The van der Waals surface area contributed by atoms with E-state index in [-0.39, 0.29) is 16.8 Å². The van der Waals surface area contributed by atoms with E-state index in [4.69, 9.17) is 0 Å². The number of thioether (sulfide) groups is 1. The second-order valence-electron chi connectivity index (χ2n) is 9.30. The fourth-order valence-electron chi connectivity index (χ4n) is 4.08. The number of hydrogen-bond acceptors (Lipinski definition) is 6. The first-order chi connectivity index (χ1) is 18.7. The Morgan fingerprint density at radius 3 is 2.31 bits per heavy atom. The molecule has 0 aliphatic rings. The van der Waals surface area contributed by atoms with Gasteiger partial charge in [-0.25, -0.2) is 13.1 Å². The average molecular weight is 561 g/mol. The molecule has 5 aromatic rings. The van der Waals surface area contributed by atoms with Gasteiger partial charge < -0.3 is 10.3 Å². The van der Waals surface area contributed by atoms with Gasteiger partial charge in [0.25, 0.3) is 0 Å². The number of nitrogens with one attached hydrogen (secondary N) is 3. The Balaban J connectivity index is 1.37. The third-order valence-electron chi connectivity index (χ3n) is 5.89. The summed E-state index contributed by atoms with van der Waals surface area (Å²) in [7, 11) is -3.61. The number of hydrogen-bond donors (Lipinski definition) is 3. The summed E-state index contributed by atoms with van der Waals surface area (Å²) in [5.41, 5.74) is 3.19. The number of H-pyrrole nitrogens is 1. The SMILES string of the molecule is CC(C)NS(=O)(=O)c1ccc(NC(=O)[C@@H](C)Sc2nnc(-c3cc4ccccc4[nH]3)n2-c2ccccc2)cc1. The van der Waals surface area contributed by atoms with Gasteiger partial charge in [0.15, 0.2) is 11.0 Å². The van der Waals surface area contributed by atoms with E-state index >= 15 is 0 Å². The van der Waals surface area contributed by atoms with Gasteiger partial charge in [0, 0.05) is 28.3 Å². The van der Waals surface area contributed by atoms with Crippen LogP contribution in [0.25, 0.3) is 28.1 Å². The highest BCUT2D eigenvalue weighted by Crippen LogP contribution is 2.31. The van der Waals surface area contributed by atoms with Crippen molar-refractivity contribution in [2.75, 3.05) is 5.32 Å². The molecule has 2 aromatic heterocycles. The topological polar surface area (TPSA) is 122 Å². The Hall–Kier alpha value is -3.93. The predicted octanol–water partition coefficient (Wildman–Crippen LogP) is 5.22. The molecule has 0 aliphatic carbocycles. The van der Waals surface area contributed by atoms with Gasteiger partial charge in [-0.2, -0.15) is 0 Å². The van der Waals surface area contributed by atoms with Crippen molar-refractivity contribution in [3.8, 4) is 17.2 Å². The zero-order valence-electron chi connectivity index (χ0n) is 21.6. The monoisotopic (exact) mass is 560 g/mol. The van der Waals surface area contributed by atoms with Gasteiger partial charge in [0.1, 0.15) is 0 Å². The molecule has 9 nitrogen and oxygen atoms in total. The molecule has 3 aromatic carbocycles. The fourth-order valence-corrected chi connectivity index (χ4v) is 6.19. The Kier molecular flexibility index (Phi) is 7.56. The number of rotatable bonds is 9. The summed E-state index contributed by atoms with van der Waals surface area (Å²) in [5.74, 6) is 0.394. The summed E-state index contributed by atoms with van der Waals surface area (Å²) >= 11 is 1.29. The molecule has 0 saturated carbocycles. The zero-order valence-corrected chi connectivity index (χ0v) is 23.3. The van der Waals surface area contributed by atoms with Crippen LogP contribution >= 0.6 is 11.8 Å². The first-order valence-corrected chi connectivity index (χ1v) is 14.8. The second kappa shape index (κ2) is 11.0. The number of carbonyl (C=O) groups is 1. The Morgan fingerprint density at radius 1 is 0.923 bits per heavy atom. The Morgan fingerprint density at radius 2 is 1.62 bits per heavy atom. The Labute approximate surface area is 231 Å². The van der Waals surface area contributed by atoms with E-state index in [9.17, 15) is 13.2 Å². The molecule has 0 fully saturated rings. The number of carbonyl (C=O) groups excluding carboxylic acids is 1. The van der Waals surface area contributed by atoms with Crippen LogP contribution in [0.1, 0.15) is 20.8 Å². The van der Waals surface area contributed by atoms with Crippen molar-refractivity contribution < 1.29 is 13.2 Å². The Bertz CT molecular complexity index is 1680. The number of para-hydroxylation sites is 2. The van der Waals surface area contributed by atoms with E-state index in [0.29, 0.717) is 16.7 Å². The number of aromatic amines is 1. The van der Waals surface area contributed by atoms with Crippen LogP contribution in [-0.2, 0) is 14.8 Å². The lowest BCUT2D eigenvalue weighted by Crippen LogP contribution is -2.30. The molecule has 0 radical (unpaired) electrons. The van der Waals surface area contributed by atoms with E-state index < -0.39 is 15.3 Å². The van der Waals surface area contributed by atoms with E-state index in [2.05, 4.69) is 25.2 Å². The van der Waals surface area contributed by atoms with Crippen LogP contribution in [0, 0.1) is 0 Å². The highest BCUT2D eigenvalue weighted by atomic mass is 32.2. The number of sulfonamides is 1. The van der Waals surface area contributed by atoms with Crippen LogP contribution in [-0.4, -0.2) is 45.4 Å². The van der Waals surface area contributed by atoms with Gasteiger partial charge in [-0.05, 0) is 69.3 Å². The summed E-state index contributed by atoms with van der Waals surface area (Å²) in [6.07, 6.45) is 0. The molecule has 0 aliphatic heterocycles. The summed E-state index contributed by atoms with van der Waals surface area (Å²) in [4.78, 5) is 16.6. The van der Waals surface area contributed by atoms with Crippen LogP contribution in [0.15, 0.2) is 95.0 Å². The standard InChI is InChI=1S/C28H28N6O3S2/c1-18(2)33-39(36,37)23-15-13-21(14-16-23)29-27(35)19(3)38-28-32-31-26(34(28)22-10-5-4-6-11-22)25-17-20-9-7-8-12-24(20)30-25/h4-19,30,33H,1-3H3,(H,29,35)/t19-/m1/s1. The van der Waals surface area contributed by atoms with E-state index in [1.54, 1.807) is 32.9 Å².